The van der Waals surface area contributed by atoms with Crippen LogP contribution in [0.5, 0.6) is 0 Å². The summed E-state index contributed by atoms with van der Waals surface area (Å²) in [5.41, 5.74) is 3.79. The molecule has 27 heavy (non-hydrogen) atoms. The van der Waals surface area contributed by atoms with E-state index in [1.807, 2.05) is 30.3 Å². The molecule has 1 atom stereocenters. The molecule has 0 aliphatic carbocycles. The van der Waals surface area contributed by atoms with Crippen molar-refractivity contribution in [3.63, 3.8) is 0 Å². The van der Waals surface area contributed by atoms with Gasteiger partial charge in [0.05, 0.1) is 11.4 Å². The molecule has 1 aliphatic rings. The van der Waals surface area contributed by atoms with Gasteiger partial charge >= 0.3 is 0 Å². The highest BCUT2D eigenvalue weighted by Gasteiger charge is 2.24. The fourth-order valence-corrected chi connectivity index (χ4v) is 3.84. The van der Waals surface area contributed by atoms with Crippen molar-refractivity contribution in [2.24, 2.45) is 0 Å². The molecule has 1 unspecified atom stereocenters. The van der Waals surface area contributed by atoms with Crippen molar-refractivity contribution in [2.45, 2.75) is 44.9 Å². The normalized spacial score (nSPS) is 16.4. The highest BCUT2D eigenvalue weighted by Crippen LogP contribution is 2.35. The number of rotatable bonds is 7. The Balaban J connectivity index is 1.68. The third-order valence-corrected chi connectivity index (χ3v) is 5.29. The number of hydrogen-bond acceptors (Lipinski definition) is 4. The minimum Gasteiger partial charge on any atom is -0.370 e. The Morgan fingerprint density at radius 2 is 1.96 bits per heavy atom. The maximum Gasteiger partial charge on any atom is 0.235 e. The number of aryl methyl sites for hydroxylation is 1. The smallest absolute Gasteiger partial charge is 0.235 e. The second-order valence-corrected chi connectivity index (χ2v) is 7.12. The minimum atomic E-state index is -1.04. The lowest BCUT2D eigenvalue weighted by Crippen LogP contribution is -2.34. The molecule has 1 fully saturated rings. The van der Waals surface area contributed by atoms with E-state index in [1.54, 1.807) is 6.07 Å². The molecule has 0 saturated carbocycles. The van der Waals surface area contributed by atoms with Crippen molar-refractivity contribution >= 4 is 11.4 Å². The van der Waals surface area contributed by atoms with Gasteiger partial charge in [-0.05, 0) is 54.5 Å². The molecule has 0 spiro atoms. The van der Waals surface area contributed by atoms with E-state index < -0.39 is 6.41 Å². The fraction of sp³-hybridized carbons (Fsp3) is 0.455. The number of nitrogens with zero attached hydrogens (tertiary/aromatic N) is 1. The Hall–Kier alpha value is -2.11. The number of piperidine rings is 1. The van der Waals surface area contributed by atoms with E-state index in [-0.39, 0.29) is 11.7 Å². The molecule has 2 aromatic rings. The largest absolute Gasteiger partial charge is 0.370 e. The van der Waals surface area contributed by atoms with Gasteiger partial charge in [-0.3, -0.25) is 0 Å². The van der Waals surface area contributed by atoms with Gasteiger partial charge in [-0.15, -0.1) is 0 Å². The highest BCUT2D eigenvalue weighted by atomic mass is 19.1. The van der Waals surface area contributed by atoms with Crippen molar-refractivity contribution in [1.29, 1.82) is 0 Å². The molecule has 146 valence electrons. The first-order valence-corrected chi connectivity index (χ1v) is 9.72. The fourth-order valence-electron chi connectivity index (χ4n) is 3.84. The summed E-state index contributed by atoms with van der Waals surface area (Å²) in [7, 11) is 1.45. The number of nitrogens with one attached hydrogen (secondary N) is 1. The zero-order valence-corrected chi connectivity index (χ0v) is 16.1. The summed E-state index contributed by atoms with van der Waals surface area (Å²) in [6, 6.07) is 13.6. The number of anilines is 2. The van der Waals surface area contributed by atoms with Gasteiger partial charge in [0.25, 0.3) is 0 Å². The first-order chi connectivity index (χ1) is 13.1. The third kappa shape index (κ3) is 4.79. The number of aliphatic hydroxyl groups excluding tert-OH is 1. The number of halogens is 1. The van der Waals surface area contributed by atoms with Gasteiger partial charge < -0.3 is 20.1 Å². The van der Waals surface area contributed by atoms with Gasteiger partial charge in [-0.2, -0.15) is 0 Å². The topological polar surface area (TPSA) is 44.7 Å². The molecule has 0 aromatic heterocycles. The molecule has 2 aromatic carbocycles. The summed E-state index contributed by atoms with van der Waals surface area (Å²) in [6.45, 7) is 3.81. The molecular formula is C22H29FN2O2. The van der Waals surface area contributed by atoms with Gasteiger partial charge in [0.1, 0.15) is 5.82 Å². The van der Waals surface area contributed by atoms with E-state index in [0.29, 0.717) is 0 Å². The summed E-state index contributed by atoms with van der Waals surface area (Å²) in [5.74, 6) is 0.186. The summed E-state index contributed by atoms with van der Waals surface area (Å²) in [5, 5.41) is 12.7. The molecule has 1 heterocycles. The second-order valence-electron chi connectivity index (χ2n) is 7.12. The van der Waals surface area contributed by atoms with Crippen molar-refractivity contribution in [3.05, 3.63) is 59.4 Å². The number of ether oxygens (including phenoxy) is 1. The number of benzene rings is 2. The van der Waals surface area contributed by atoms with Gasteiger partial charge in [0, 0.05) is 20.2 Å². The highest BCUT2D eigenvalue weighted by molar-refractivity contribution is 5.70. The van der Waals surface area contributed by atoms with Crippen molar-refractivity contribution in [3.8, 4) is 0 Å². The zero-order chi connectivity index (χ0) is 19.2. The van der Waals surface area contributed by atoms with Crippen LogP contribution in [0.2, 0.25) is 0 Å². The predicted octanol–water partition coefficient (Wildman–Crippen LogP) is 4.50. The zero-order valence-electron chi connectivity index (χ0n) is 16.1. The molecule has 3 rings (SSSR count). The van der Waals surface area contributed by atoms with Crippen molar-refractivity contribution in [2.75, 3.05) is 30.4 Å². The molecule has 0 bridgehead atoms. The quantitative estimate of drug-likeness (QED) is 0.703. The monoisotopic (exact) mass is 372 g/mol. The van der Waals surface area contributed by atoms with Crippen LogP contribution in [-0.4, -0.2) is 31.7 Å². The maximum atomic E-state index is 14.6. The first kappa shape index (κ1) is 19.6. The summed E-state index contributed by atoms with van der Waals surface area (Å²) in [4.78, 5) is 2.28. The molecule has 1 aliphatic heterocycles. The lowest BCUT2D eigenvalue weighted by atomic mass is 9.88. The molecule has 2 N–H and O–H groups in total. The molecular weight excluding hydrogens is 343 g/mol. The first-order valence-electron chi connectivity index (χ1n) is 9.72. The van der Waals surface area contributed by atoms with Crippen LogP contribution < -0.4 is 10.2 Å². The molecule has 0 amide bonds. The molecule has 5 heteroatoms. The van der Waals surface area contributed by atoms with Gasteiger partial charge in [-0.1, -0.05) is 37.6 Å². The van der Waals surface area contributed by atoms with E-state index in [9.17, 15) is 9.50 Å². The van der Waals surface area contributed by atoms with Gasteiger partial charge in [-0.25, -0.2) is 4.39 Å². The van der Waals surface area contributed by atoms with Crippen molar-refractivity contribution in [1.82, 2.24) is 0 Å². The lowest BCUT2D eigenvalue weighted by Gasteiger charge is -2.35. The van der Waals surface area contributed by atoms with E-state index in [2.05, 4.69) is 23.2 Å². The molecule has 1 saturated heterocycles. The average Bonchev–Trinajstić information content (AvgIpc) is 2.69. The average molecular weight is 372 g/mol. The summed E-state index contributed by atoms with van der Waals surface area (Å²) in [6.07, 6.45) is 2.73. The van der Waals surface area contributed by atoms with E-state index >= 15 is 0 Å². The SMILES string of the molecule is CCCc1ccc(C2CCN(c3ccccc3NC(O)OC)CC2)c(F)c1. The van der Waals surface area contributed by atoms with Crippen LogP contribution >= 0.6 is 0 Å². The third-order valence-electron chi connectivity index (χ3n) is 5.29. The number of para-hydroxylation sites is 2. The number of hydrogen-bond donors (Lipinski definition) is 2. The molecule has 4 nitrogen and oxygen atoms in total. The Labute approximate surface area is 161 Å². The van der Waals surface area contributed by atoms with E-state index in [4.69, 9.17) is 4.74 Å². The Kier molecular flexibility index (Phi) is 6.69. The van der Waals surface area contributed by atoms with Crippen LogP contribution in [0.3, 0.4) is 0 Å². The number of methoxy groups -OCH3 is 1. The molecule has 0 radical (unpaired) electrons. The summed E-state index contributed by atoms with van der Waals surface area (Å²) >= 11 is 0. The van der Waals surface area contributed by atoms with Crippen LogP contribution in [-0.2, 0) is 11.2 Å². The Bertz CT molecular complexity index is 745. The van der Waals surface area contributed by atoms with Crippen LogP contribution in [0.15, 0.2) is 42.5 Å². The maximum absolute atomic E-state index is 14.6. The summed E-state index contributed by atoms with van der Waals surface area (Å²) < 4.78 is 19.5. The number of aliphatic hydroxyl groups is 1. The second kappa shape index (κ2) is 9.20. The van der Waals surface area contributed by atoms with Gasteiger partial charge in [0.2, 0.25) is 6.41 Å². The van der Waals surface area contributed by atoms with Gasteiger partial charge in [0.15, 0.2) is 0 Å². The van der Waals surface area contributed by atoms with Crippen LogP contribution in [0, 0.1) is 5.82 Å². The van der Waals surface area contributed by atoms with Crippen LogP contribution in [0.4, 0.5) is 15.8 Å². The van der Waals surface area contributed by atoms with E-state index in [0.717, 1.165) is 61.3 Å². The predicted molar refractivity (Wildman–Crippen MR) is 108 cm³/mol. The van der Waals surface area contributed by atoms with Crippen molar-refractivity contribution < 1.29 is 14.2 Å². The minimum absolute atomic E-state index is 0.0651. The lowest BCUT2D eigenvalue weighted by molar-refractivity contribution is -0.0509. The Morgan fingerprint density at radius 1 is 1.22 bits per heavy atom. The van der Waals surface area contributed by atoms with E-state index in [1.165, 1.54) is 7.11 Å². The Morgan fingerprint density at radius 3 is 2.63 bits per heavy atom. The standard InChI is InChI=1S/C22H29FN2O2/c1-3-6-16-9-10-18(19(23)15-16)17-11-13-25(14-12-17)21-8-5-4-7-20(21)24-22(26)27-2/h4-5,7-10,15,17,22,24,26H,3,6,11-14H2,1-2H3. The van der Waals surface area contributed by atoms with Crippen LogP contribution in [0.25, 0.3) is 0 Å². The van der Waals surface area contributed by atoms with Crippen LogP contribution in [0.1, 0.15) is 43.2 Å².